The molecule has 1 aromatic rings. The van der Waals surface area contributed by atoms with Crippen LogP contribution in [-0.2, 0) is 14.8 Å². The molecule has 1 aliphatic heterocycles. The summed E-state index contributed by atoms with van der Waals surface area (Å²) in [4.78, 5) is 13.4. The molecule has 0 spiro atoms. The van der Waals surface area contributed by atoms with Crippen molar-refractivity contribution in [3.05, 3.63) is 21.8 Å². The molecular formula is C11H13IN2O4S. The zero-order valence-corrected chi connectivity index (χ0v) is 13.1. The molecule has 8 heteroatoms. The molecule has 1 heterocycles. The average molecular weight is 396 g/mol. The number of methoxy groups -OCH3 is 1. The van der Waals surface area contributed by atoms with Crippen LogP contribution in [0.4, 0.5) is 5.69 Å². The SMILES string of the molecule is COc1ccc(I)c(N2CC(S(N)(=O)=O)CC2=O)c1. The second-order valence-electron chi connectivity index (χ2n) is 4.24. The minimum absolute atomic E-state index is 0.0773. The Morgan fingerprint density at radius 1 is 1.47 bits per heavy atom. The van der Waals surface area contributed by atoms with Crippen LogP contribution in [0.3, 0.4) is 0 Å². The summed E-state index contributed by atoms with van der Waals surface area (Å²) in [6.45, 7) is 0.0842. The van der Waals surface area contributed by atoms with E-state index in [2.05, 4.69) is 22.6 Å². The van der Waals surface area contributed by atoms with E-state index >= 15 is 0 Å². The van der Waals surface area contributed by atoms with Crippen molar-refractivity contribution in [1.82, 2.24) is 0 Å². The van der Waals surface area contributed by atoms with Crippen LogP contribution in [0, 0.1) is 3.57 Å². The van der Waals surface area contributed by atoms with Gasteiger partial charge in [-0.2, -0.15) is 0 Å². The first-order valence-electron chi connectivity index (χ1n) is 5.48. The highest BCUT2D eigenvalue weighted by Crippen LogP contribution is 2.31. The first-order valence-corrected chi connectivity index (χ1v) is 8.17. The van der Waals surface area contributed by atoms with Gasteiger partial charge in [-0.05, 0) is 34.7 Å². The number of ether oxygens (including phenoxy) is 1. The molecular weight excluding hydrogens is 383 g/mol. The van der Waals surface area contributed by atoms with Crippen LogP contribution < -0.4 is 14.8 Å². The Kier molecular flexibility index (Phi) is 4.02. The van der Waals surface area contributed by atoms with Gasteiger partial charge < -0.3 is 9.64 Å². The van der Waals surface area contributed by atoms with Gasteiger partial charge in [-0.3, -0.25) is 4.79 Å². The average Bonchev–Trinajstić information content (AvgIpc) is 2.72. The van der Waals surface area contributed by atoms with Crippen molar-refractivity contribution in [2.24, 2.45) is 5.14 Å². The number of primary sulfonamides is 1. The smallest absolute Gasteiger partial charge is 0.228 e. The Hall–Kier alpha value is -0.870. The van der Waals surface area contributed by atoms with E-state index < -0.39 is 15.3 Å². The molecule has 1 aromatic carbocycles. The first-order chi connectivity index (χ1) is 8.82. The number of benzene rings is 1. The van der Waals surface area contributed by atoms with Crippen molar-refractivity contribution >= 4 is 44.2 Å². The van der Waals surface area contributed by atoms with Gasteiger partial charge in [-0.1, -0.05) is 0 Å². The lowest BCUT2D eigenvalue weighted by Crippen LogP contribution is -2.32. The maximum Gasteiger partial charge on any atom is 0.228 e. The van der Waals surface area contributed by atoms with Gasteiger partial charge in [0.05, 0.1) is 12.8 Å². The van der Waals surface area contributed by atoms with E-state index in [1.807, 2.05) is 6.07 Å². The largest absolute Gasteiger partial charge is 0.497 e. The van der Waals surface area contributed by atoms with Crippen LogP contribution in [0.15, 0.2) is 18.2 Å². The van der Waals surface area contributed by atoms with Crippen LogP contribution in [-0.4, -0.2) is 33.2 Å². The Bertz CT molecular complexity index is 617. The maximum atomic E-state index is 11.9. The summed E-state index contributed by atoms with van der Waals surface area (Å²) in [6.07, 6.45) is -0.0773. The molecule has 1 unspecified atom stereocenters. The van der Waals surface area contributed by atoms with E-state index in [1.54, 1.807) is 12.1 Å². The fourth-order valence-corrected chi connectivity index (χ4v) is 3.31. The Labute approximate surface area is 125 Å². The van der Waals surface area contributed by atoms with Gasteiger partial charge in [0.2, 0.25) is 15.9 Å². The van der Waals surface area contributed by atoms with Crippen molar-refractivity contribution in [3.63, 3.8) is 0 Å². The predicted molar refractivity (Wildman–Crippen MR) is 79.6 cm³/mol. The molecule has 0 saturated carbocycles. The van der Waals surface area contributed by atoms with Gasteiger partial charge in [0.1, 0.15) is 11.0 Å². The third kappa shape index (κ3) is 3.00. The Balaban J connectivity index is 2.35. The highest BCUT2D eigenvalue weighted by atomic mass is 127. The van der Waals surface area contributed by atoms with Crippen molar-refractivity contribution in [3.8, 4) is 5.75 Å². The molecule has 1 atom stereocenters. The van der Waals surface area contributed by atoms with Crippen molar-refractivity contribution in [1.29, 1.82) is 0 Å². The summed E-state index contributed by atoms with van der Waals surface area (Å²) in [5.41, 5.74) is 0.649. The van der Waals surface area contributed by atoms with Gasteiger partial charge in [0.15, 0.2) is 0 Å². The van der Waals surface area contributed by atoms with E-state index in [-0.39, 0.29) is 18.9 Å². The number of nitrogens with zero attached hydrogens (tertiary/aromatic N) is 1. The monoisotopic (exact) mass is 396 g/mol. The lowest BCUT2D eigenvalue weighted by Gasteiger charge is -2.18. The number of carbonyl (C=O) groups is 1. The predicted octanol–water partition coefficient (Wildman–Crippen LogP) is 0.694. The lowest BCUT2D eigenvalue weighted by atomic mass is 10.3. The summed E-state index contributed by atoms with van der Waals surface area (Å²) in [5, 5.41) is 4.26. The number of halogens is 1. The molecule has 1 saturated heterocycles. The normalized spacial score (nSPS) is 19.8. The van der Waals surface area contributed by atoms with Crippen LogP contribution in [0.1, 0.15) is 6.42 Å². The topological polar surface area (TPSA) is 89.7 Å². The molecule has 1 amide bonds. The molecule has 2 rings (SSSR count). The zero-order chi connectivity index (χ0) is 14.2. The summed E-state index contributed by atoms with van der Waals surface area (Å²) in [7, 11) is -2.17. The summed E-state index contributed by atoms with van der Waals surface area (Å²) in [6, 6.07) is 5.31. The second-order valence-corrected chi connectivity index (χ2v) is 7.24. The Morgan fingerprint density at radius 3 is 2.68 bits per heavy atom. The number of nitrogens with two attached hydrogens (primary N) is 1. The summed E-state index contributed by atoms with van der Waals surface area (Å²) in [5.74, 6) is 0.368. The molecule has 19 heavy (non-hydrogen) atoms. The van der Waals surface area contributed by atoms with E-state index in [0.717, 1.165) is 3.57 Å². The van der Waals surface area contributed by atoms with E-state index in [1.165, 1.54) is 12.0 Å². The van der Waals surface area contributed by atoms with E-state index in [9.17, 15) is 13.2 Å². The molecule has 0 radical (unpaired) electrons. The number of hydrogen-bond donors (Lipinski definition) is 1. The molecule has 2 N–H and O–H groups in total. The van der Waals surface area contributed by atoms with Crippen molar-refractivity contribution in [2.75, 3.05) is 18.6 Å². The molecule has 0 aliphatic carbocycles. The van der Waals surface area contributed by atoms with Gasteiger partial charge >= 0.3 is 0 Å². The molecule has 1 aliphatic rings. The number of rotatable bonds is 3. The van der Waals surface area contributed by atoms with Gasteiger partial charge in [0.25, 0.3) is 0 Å². The maximum absolute atomic E-state index is 11.9. The number of anilines is 1. The highest BCUT2D eigenvalue weighted by molar-refractivity contribution is 14.1. The zero-order valence-electron chi connectivity index (χ0n) is 10.2. The van der Waals surface area contributed by atoms with Crippen molar-refractivity contribution < 1.29 is 17.9 Å². The minimum Gasteiger partial charge on any atom is -0.497 e. The van der Waals surface area contributed by atoms with Crippen LogP contribution in [0.5, 0.6) is 5.75 Å². The quantitative estimate of drug-likeness (QED) is 0.762. The van der Waals surface area contributed by atoms with Gasteiger partial charge in [-0.25, -0.2) is 13.6 Å². The first kappa shape index (κ1) is 14.5. The standard InChI is InChI=1S/C11H13IN2O4S/c1-18-7-2-3-9(12)10(4-7)14-6-8(5-11(14)15)19(13,16)17/h2-4,8H,5-6H2,1H3,(H2,13,16,17). The third-order valence-corrected chi connectivity index (χ3v) is 5.16. The number of hydrogen-bond acceptors (Lipinski definition) is 4. The van der Waals surface area contributed by atoms with Gasteiger partial charge in [0, 0.05) is 22.6 Å². The Morgan fingerprint density at radius 2 is 2.16 bits per heavy atom. The number of sulfonamides is 1. The summed E-state index contributed by atoms with van der Waals surface area (Å²) >= 11 is 2.09. The summed E-state index contributed by atoms with van der Waals surface area (Å²) < 4.78 is 28.6. The molecule has 1 fully saturated rings. The molecule has 0 aromatic heterocycles. The minimum atomic E-state index is -3.70. The fourth-order valence-electron chi connectivity index (χ4n) is 1.95. The van der Waals surface area contributed by atoms with Gasteiger partial charge in [-0.15, -0.1) is 0 Å². The second kappa shape index (κ2) is 5.25. The fraction of sp³-hybridized carbons (Fsp3) is 0.364. The van der Waals surface area contributed by atoms with E-state index in [0.29, 0.717) is 11.4 Å². The number of amides is 1. The third-order valence-electron chi connectivity index (χ3n) is 3.00. The molecule has 104 valence electrons. The van der Waals surface area contributed by atoms with Crippen LogP contribution >= 0.6 is 22.6 Å². The lowest BCUT2D eigenvalue weighted by molar-refractivity contribution is -0.117. The van der Waals surface area contributed by atoms with Crippen LogP contribution in [0.25, 0.3) is 0 Å². The van der Waals surface area contributed by atoms with E-state index in [4.69, 9.17) is 9.88 Å². The van der Waals surface area contributed by atoms with Crippen molar-refractivity contribution in [2.45, 2.75) is 11.7 Å². The molecule has 6 nitrogen and oxygen atoms in total. The number of carbonyl (C=O) groups excluding carboxylic acids is 1. The molecule has 0 bridgehead atoms. The van der Waals surface area contributed by atoms with Crippen LogP contribution in [0.2, 0.25) is 0 Å². The highest BCUT2D eigenvalue weighted by Gasteiger charge is 2.37.